The summed E-state index contributed by atoms with van der Waals surface area (Å²) < 4.78 is 1.71. The fraction of sp³-hybridized carbons (Fsp3) is 0.467. The van der Waals surface area contributed by atoms with Gasteiger partial charge in [0.05, 0.1) is 5.69 Å². The third kappa shape index (κ3) is 3.14. The fourth-order valence-electron chi connectivity index (χ4n) is 2.91. The second kappa shape index (κ2) is 6.65. The molecule has 7 nitrogen and oxygen atoms in total. The molecule has 0 saturated carbocycles. The summed E-state index contributed by atoms with van der Waals surface area (Å²) in [5.41, 5.74) is 0.913. The third-order valence-corrected chi connectivity index (χ3v) is 4.06. The molecule has 7 heteroatoms. The summed E-state index contributed by atoms with van der Waals surface area (Å²) in [4.78, 5) is 13.4. The number of tetrazole rings is 1. The molecule has 2 heterocycles. The second-order valence-corrected chi connectivity index (χ2v) is 5.48. The summed E-state index contributed by atoms with van der Waals surface area (Å²) in [5.74, 6) is 0.0169. The first-order valence-electron chi connectivity index (χ1n) is 7.55. The van der Waals surface area contributed by atoms with E-state index in [2.05, 4.69) is 15.5 Å². The van der Waals surface area contributed by atoms with Crippen LogP contribution in [0, 0.1) is 0 Å². The Kier molecular flexibility index (Phi) is 4.43. The van der Waals surface area contributed by atoms with Crippen LogP contribution in [-0.4, -0.2) is 55.3 Å². The summed E-state index contributed by atoms with van der Waals surface area (Å²) >= 11 is 0. The lowest BCUT2D eigenvalue weighted by atomic mass is 10.0. The third-order valence-electron chi connectivity index (χ3n) is 4.06. The number of hydrogen-bond acceptors (Lipinski definition) is 5. The molecule has 2 aromatic rings. The number of nitrogens with zero attached hydrogens (tertiary/aromatic N) is 5. The van der Waals surface area contributed by atoms with Gasteiger partial charge in [-0.1, -0.05) is 24.6 Å². The molecule has 1 N–H and O–H groups in total. The maximum absolute atomic E-state index is 11.3. The van der Waals surface area contributed by atoms with E-state index in [1.54, 1.807) is 4.68 Å². The van der Waals surface area contributed by atoms with Crippen LogP contribution in [0.5, 0.6) is 0 Å². The van der Waals surface area contributed by atoms with Gasteiger partial charge in [0.15, 0.2) is 5.82 Å². The zero-order valence-electron chi connectivity index (χ0n) is 12.3. The maximum atomic E-state index is 11.3. The molecular formula is C15H19N5O2. The minimum absolute atomic E-state index is 0.380. The average Bonchev–Trinajstić information content (AvgIpc) is 3.02. The molecule has 1 atom stereocenters. The Morgan fingerprint density at radius 1 is 1.27 bits per heavy atom. The van der Waals surface area contributed by atoms with E-state index in [1.807, 2.05) is 35.2 Å². The number of likely N-dealkylation sites (tertiary alicyclic amines) is 1. The van der Waals surface area contributed by atoms with E-state index in [-0.39, 0.29) is 6.04 Å². The zero-order chi connectivity index (χ0) is 15.4. The molecule has 0 radical (unpaired) electrons. The number of aliphatic carboxylic acids is 1. The van der Waals surface area contributed by atoms with Gasteiger partial charge in [-0.2, -0.15) is 4.68 Å². The van der Waals surface area contributed by atoms with Crippen LogP contribution in [0.2, 0.25) is 0 Å². The van der Waals surface area contributed by atoms with Gasteiger partial charge in [0.2, 0.25) is 0 Å². The number of aromatic nitrogens is 4. The van der Waals surface area contributed by atoms with Crippen LogP contribution in [0.1, 0.15) is 25.1 Å². The molecule has 0 bridgehead atoms. The lowest BCUT2D eigenvalue weighted by Crippen LogP contribution is -2.45. The van der Waals surface area contributed by atoms with Crippen molar-refractivity contribution in [2.75, 3.05) is 13.1 Å². The first-order chi connectivity index (χ1) is 10.8. The van der Waals surface area contributed by atoms with Gasteiger partial charge in [-0.05, 0) is 41.9 Å². The van der Waals surface area contributed by atoms with Crippen molar-refractivity contribution >= 4 is 5.97 Å². The van der Waals surface area contributed by atoms with Gasteiger partial charge in [-0.25, -0.2) is 0 Å². The van der Waals surface area contributed by atoms with E-state index < -0.39 is 5.97 Å². The Bertz CT molecular complexity index is 628. The van der Waals surface area contributed by atoms with Crippen molar-refractivity contribution in [2.45, 2.75) is 31.7 Å². The van der Waals surface area contributed by atoms with Crippen molar-refractivity contribution in [3.8, 4) is 5.69 Å². The van der Waals surface area contributed by atoms with E-state index in [9.17, 15) is 9.90 Å². The molecule has 1 saturated heterocycles. The minimum Gasteiger partial charge on any atom is -0.480 e. The SMILES string of the molecule is O=C(O)C1CCCCN1CCc1nnnn1-c1ccccc1. The van der Waals surface area contributed by atoms with Gasteiger partial charge in [-0.3, -0.25) is 9.69 Å². The Hall–Kier alpha value is -2.28. The summed E-state index contributed by atoms with van der Waals surface area (Å²) in [6.07, 6.45) is 3.38. The highest BCUT2D eigenvalue weighted by Crippen LogP contribution is 2.18. The van der Waals surface area contributed by atoms with E-state index in [0.29, 0.717) is 13.0 Å². The van der Waals surface area contributed by atoms with Gasteiger partial charge >= 0.3 is 5.97 Å². The monoisotopic (exact) mass is 301 g/mol. The van der Waals surface area contributed by atoms with E-state index in [0.717, 1.165) is 37.3 Å². The molecule has 1 unspecified atom stereocenters. The summed E-state index contributed by atoms with van der Waals surface area (Å²) in [7, 11) is 0. The van der Waals surface area contributed by atoms with E-state index in [4.69, 9.17) is 0 Å². The summed E-state index contributed by atoms with van der Waals surface area (Å²) in [6.45, 7) is 1.48. The Labute approximate surface area is 128 Å². The van der Waals surface area contributed by atoms with Crippen LogP contribution in [0.4, 0.5) is 0 Å². The quantitative estimate of drug-likeness (QED) is 0.891. The molecule has 22 heavy (non-hydrogen) atoms. The van der Waals surface area contributed by atoms with Gasteiger partial charge in [0.25, 0.3) is 0 Å². The highest BCUT2D eigenvalue weighted by Gasteiger charge is 2.28. The van der Waals surface area contributed by atoms with Crippen molar-refractivity contribution < 1.29 is 9.90 Å². The molecule has 1 aromatic heterocycles. The van der Waals surface area contributed by atoms with Crippen LogP contribution in [0.25, 0.3) is 5.69 Å². The molecule has 1 aromatic carbocycles. The lowest BCUT2D eigenvalue weighted by Gasteiger charge is -2.32. The van der Waals surface area contributed by atoms with Gasteiger partial charge < -0.3 is 5.11 Å². The number of piperidine rings is 1. The molecule has 0 amide bonds. The van der Waals surface area contributed by atoms with Gasteiger partial charge in [0.1, 0.15) is 6.04 Å². The van der Waals surface area contributed by atoms with E-state index >= 15 is 0 Å². The standard InChI is InChI=1S/C15H19N5O2/c21-15(22)13-8-4-5-10-19(13)11-9-14-16-17-18-20(14)12-6-2-1-3-7-12/h1-3,6-7,13H,4-5,8-11H2,(H,21,22). The van der Waals surface area contributed by atoms with Crippen molar-refractivity contribution in [1.82, 2.24) is 25.1 Å². The predicted octanol–water partition coefficient (Wildman–Crippen LogP) is 1.14. The van der Waals surface area contributed by atoms with Crippen LogP contribution in [0.3, 0.4) is 0 Å². The van der Waals surface area contributed by atoms with Crippen LogP contribution in [0.15, 0.2) is 30.3 Å². The lowest BCUT2D eigenvalue weighted by molar-refractivity contribution is -0.144. The van der Waals surface area contributed by atoms with Gasteiger partial charge in [-0.15, -0.1) is 5.10 Å². The molecule has 1 aliphatic heterocycles. The minimum atomic E-state index is -0.734. The molecule has 1 fully saturated rings. The van der Waals surface area contributed by atoms with Crippen molar-refractivity contribution in [2.24, 2.45) is 0 Å². The topological polar surface area (TPSA) is 84.1 Å². The van der Waals surface area contributed by atoms with E-state index in [1.165, 1.54) is 0 Å². The first-order valence-corrected chi connectivity index (χ1v) is 7.55. The molecular weight excluding hydrogens is 282 g/mol. The Morgan fingerprint density at radius 3 is 2.86 bits per heavy atom. The Balaban J connectivity index is 1.69. The van der Waals surface area contributed by atoms with Crippen molar-refractivity contribution in [3.63, 3.8) is 0 Å². The van der Waals surface area contributed by atoms with Crippen LogP contribution in [-0.2, 0) is 11.2 Å². The number of carboxylic acid groups (broad SMARTS) is 1. The highest BCUT2D eigenvalue weighted by molar-refractivity contribution is 5.73. The first kappa shape index (κ1) is 14.6. The molecule has 0 spiro atoms. The number of carboxylic acids is 1. The molecule has 0 aliphatic carbocycles. The van der Waals surface area contributed by atoms with Crippen LogP contribution < -0.4 is 0 Å². The molecule has 3 rings (SSSR count). The zero-order valence-corrected chi connectivity index (χ0v) is 12.3. The van der Waals surface area contributed by atoms with Crippen molar-refractivity contribution in [3.05, 3.63) is 36.2 Å². The number of hydrogen-bond donors (Lipinski definition) is 1. The second-order valence-electron chi connectivity index (χ2n) is 5.48. The highest BCUT2D eigenvalue weighted by atomic mass is 16.4. The molecule has 116 valence electrons. The number of rotatable bonds is 5. The number of para-hydroxylation sites is 1. The van der Waals surface area contributed by atoms with Crippen LogP contribution >= 0.6 is 0 Å². The summed E-state index contributed by atoms with van der Waals surface area (Å²) in [5, 5.41) is 21.2. The Morgan fingerprint density at radius 2 is 2.09 bits per heavy atom. The fourth-order valence-corrected chi connectivity index (χ4v) is 2.91. The predicted molar refractivity (Wildman–Crippen MR) is 79.7 cm³/mol. The average molecular weight is 301 g/mol. The number of benzene rings is 1. The van der Waals surface area contributed by atoms with Gasteiger partial charge in [0, 0.05) is 13.0 Å². The number of carbonyl (C=O) groups is 1. The maximum Gasteiger partial charge on any atom is 0.320 e. The smallest absolute Gasteiger partial charge is 0.320 e. The normalized spacial score (nSPS) is 19.2. The van der Waals surface area contributed by atoms with Crippen molar-refractivity contribution in [1.29, 1.82) is 0 Å². The largest absolute Gasteiger partial charge is 0.480 e. The molecule has 1 aliphatic rings. The summed E-state index contributed by atoms with van der Waals surface area (Å²) in [6, 6.07) is 9.33.